The van der Waals surface area contributed by atoms with Crippen molar-refractivity contribution in [2.45, 2.75) is 44.1 Å². The van der Waals surface area contributed by atoms with Gasteiger partial charge in [0.05, 0.1) is 6.10 Å². The minimum absolute atomic E-state index is 0.0894. The van der Waals surface area contributed by atoms with Crippen LogP contribution in [0.15, 0.2) is 36.1 Å². The molecule has 0 radical (unpaired) electrons. The van der Waals surface area contributed by atoms with Crippen LogP contribution in [0.4, 0.5) is 0 Å². The van der Waals surface area contributed by atoms with E-state index in [4.69, 9.17) is 14.6 Å². The van der Waals surface area contributed by atoms with Crippen molar-refractivity contribution in [3.05, 3.63) is 41.7 Å². The van der Waals surface area contributed by atoms with Gasteiger partial charge in [-0.3, -0.25) is 0 Å². The van der Waals surface area contributed by atoms with Crippen molar-refractivity contribution >= 4 is 12.0 Å². The molecule has 0 bridgehead atoms. The summed E-state index contributed by atoms with van der Waals surface area (Å²) in [5, 5.41) is 39.0. The van der Waals surface area contributed by atoms with Crippen molar-refractivity contribution in [2.75, 3.05) is 0 Å². The Bertz CT molecular complexity index is 557. The molecule has 126 valence electrons. The minimum atomic E-state index is -1.31. The Morgan fingerprint density at radius 1 is 1.30 bits per heavy atom. The number of ether oxygens (including phenoxy) is 2. The molecular weight excluding hydrogens is 304 g/mol. The van der Waals surface area contributed by atoms with Crippen molar-refractivity contribution in [2.24, 2.45) is 0 Å². The van der Waals surface area contributed by atoms with Crippen LogP contribution in [0.1, 0.15) is 18.9 Å². The summed E-state index contributed by atoms with van der Waals surface area (Å²) in [6, 6.07) is 8.89. The zero-order chi connectivity index (χ0) is 17.0. The number of carbonyl (C=O) groups is 1. The second-order valence-corrected chi connectivity index (χ2v) is 5.37. The number of carboxylic acid groups (broad SMARTS) is 1. The van der Waals surface area contributed by atoms with Gasteiger partial charge in [0.2, 0.25) is 0 Å². The lowest BCUT2D eigenvalue weighted by Gasteiger charge is -2.37. The molecule has 1 fully saturated rings. The Morgan fingerprint density at radius 2 is 1.96 bits per heavy atom. The zero-order valence-electron chi connectivity index (χ0n) is 12.6. The van der Waals surface area contributed by atoms with E-state index in [-0.39, 0.29) is 12.2 Å². The molecule has 7 heteroatoms. The minimum Gasteiger partial charge on any atom is -0.509 e. The van der Waals surface area contributed by atoms with E-state index in [1.165, 1.54) is 13.0 Å². The summed E-state index contributed by atoms with van der Waals surface area (Å²) in [5.41, 5.74) is 0.692. The lowest BCUT2D eigenvalue weighted by Crippen LogP contribution is -2.51. The fourth-order valence-corrected chi connectivity index (χ4v) is 2.34. The number of carboxylic acids is 1. The Hall–Kier alpha value is -1.93. The number of aliphatic hydroxyl groups is 3. The predicted molar refractivity (Wildman–Crippen MR) is 80.5 cm³/mol. The van der Waals surface area contributed by atoms with Crippen LogP contribution in [0.5, 0.6) is 0 Å². The standard InChI is InChI=1S/C16H20O7/c1-9(16(20)21)22-12-8-13(18)23-15(14(12)19)11(17)7-10-5-3-2-4-6-10/h2-7,9,12-15,17-19H,8H2,1H3,(H,20,21)/t9-,12-,13+,14+,15-/m1/s1. The van der Waals surface area contributed by atoms with Crippen LogP contribution in [0.25, 0.3) is 6.08 Å². The van der Waals surface area contributed by atoms with Gasteiger partial charge in [-0.2, -0.15) is 0 Å². The number of hydrogen-bond donors (Lipinski definition) is 4. The van der Waals surface area contributed by atoms with Gasteiger partial charge in [0, 0.05) is 6.42 Å². The van der Waals surface area contributed by atoms with Gasteiger partial charge in [-0.25, -0.2) is 4.79 Å². The van der Waals surface area contributed by atoms with Gasteiger partial charge in [-0.15, -0.1) is 0 Å². The topological polar surface area (TPSA) is 116 Å². The maximum atomic E-state index is 10.9. The molecule has 7 nitrogen and oxygen atoms in total. The van der Waals surface area contributed by atoms with E-state index >= 15 is 0 Å². The molecule has 0 amide bonds. The molecule has 5 atom stereocenters. The van der Waals surface area contributed by atoms with Gasteiger partial charge in [0.15, 0.2) is 12.4 Å². The summed E-state index contributed by atoms with van der Waals surface area (Å²) < 4.78 is 10.4. The third-order valence-electron chi connectivity index (χ3n) is 3.56. The lowest BCUT2D eigenvalue weighted by molar-refractivity contribution is -0.243. The monoisotopic (exact) mass is 324 g/mol. The third-order valence-corrected chi connectivity index (χ3v) is 3.56. The lowest BCUT2D eigenvalue weighted by atomic mass is 9.98. The normalized spacial score (nSPS) is 30.0. The SMILES string of the molecule is C[C@@H](O[C@@H]1C[C@@H](O)O[C@H](C(O)=Cc2ccccc2)[C@H]1O)C(=O)O. The van der Waals surface area contributed by atoms with Crippen LogP contribution in [0, 0.1) is 0 Å². The Labute approximate surface area is 133 Å². The van der Waals surface area contributed by atoms with Gasteiger partial charge < -0.3 is 29.9 Å². The highest BCUT2D eigenvalue weighted by molar-refractivity contribution is 5.71. The van der Waals surface area contributed by atoms with E-state index < -0.39 is 36.7 Å². The maximum Gasteiger partial charge on any atom is 0.332 e. The molecule has 0 aromatic heterocycles. The maximum absolute atomic E-state index is 10.9. The second kappa shape index (κ2) is 7.56. The number of rotatable bonds is 5. The van der Waals surface area contributed by atoms with Crippen LogP contribution in [0.3, 0.4) is 0 Å². The number of hydrogen-bond acceptors (Lipinski definition) is 6. The summed E-state index contributed by atoms with van der Waals surface area (Å²) in [7, 11) is 0. The van der Waals surface area contributed by atoms with Crippen LogP contribution in [-0.4, -0.2) is 57.1 Å². The highest BCUT2D eigenvalue weighted by Gasteiger charge is 2.41. The summed E-state index contributed by atoms with van der Waals surface area (Å²) in [6.45, 7) is 1.32. The first-order valence-corrected chi connectivity index (χ1v) is 7.24. The number of aliphatic carboxylic acids is 1. The Balaban J connectivity index is 2.14. The molecule has 1 heterocycles. The molecule has 23 heavy (non-hydrogen) atoms. The third kappa shape index (κ3) is 4.52. The van der Waals surface area contributed by atoms with Crippen LogP contribution < -0.4 is 0 Å². The largest absolute Gasteiger partial charge is 0.509 e. The van der Waals surface area contributed by atoms with Gasteiger partial charge in [-0.1, -0.05) is 30.3 Å². The molecule has 2 rings (SSSR count). The van der Waals surface area contributed by atoms with Gasteiger partial charge in [0.1, 0.15) is 18.0 Å². The quantitative estimate of drug-likeness (QED) is 0.595. The predicted octanol–water partition coefficient (Wildman–Crippen LogP) is 0.912. The molecule has 0 spiro atoms. The Morgan fingerprint density at radius 3 is 2.57 bits per heavy atom. The number of aliphatic hydroxyl groups excluding tert-OH is 3. The first-order chi connectivity index (χ1) is 10.9. The fraction of sp³-hybridized carbons (Fsp3) is 0.438. The van der Waals surface area contributed by atoms with Gasteiger partial charge >= 0.3 is 5.97 Å². The van der Waals surface area contributed by atoms with Crippen LogP contribution >= 0.6 is 0 Å². The van der Waals surface area contributed by atoms with E-state index in [9.17, 15) is 20.1 Å². The summed E-state index contributed by atoms with van der Waals surface area (Å²) in [5.74, 6) is -1.46. The smallest absolute Gasteiger partial charge is 0.332 e. The molecular formula is C16H20O7. The van der Waals surface area contributed by atoms with Crippen LogP contribution in [0.2, 0.25) is 0 Å². The molecule has 4 N–H and O–H groups in total. The molecule has 1 saturated heterocycles. The zero-order valence-corrected chi connectivity index (χ0v) is 12.6. The van der Waals surface area contributed by atoms with E-state index in [1.54, 1.807) is 24.3 Å². The average molecular weight is 324 g/mol. The summed E-state index contributed by atoms with van der Waals surface area (Å²) in [6.07, 6.45) is -4.59. The number of benzene rings is 1. The molecule has 1 aliphatic rings. The Kier molecular flexibility index (Phi) is 5.73. The van der Waals surface area contributed by atoms with E-state index in [0.29, 0.717) is 5.56 Å². The first kappa shape index (κ1) is 17.4. The highest BCUT2D eigenvalue weighted by atomic mass is 16.6. The average Bonchev–Trinajstić information content (AvgIpc) is 2.51. The van der Waals surface area contributed by atoms with Gasteiger partial charge in [-0.05, 0) is 18.6 Å². The van der Waals surface area contributed by atoms with E-state index in [2.05, 4.69) is 0 Å². The second-order valence-electron chi connectivity index (χ2n) is 5.37. The van der Waals surface area contributed by atoms with E-state index in [1.807, 2.05) is 6.07 Å². The molecule has 1 aromatic rings. The summed E-state index contributed by atoms with van der Waals surface area (Å²) in [4.78, 5) is 10.9. The highest BCUT2D eigenvalue weighted by Crippen LogP contribution is 2.27. The van der Waals surface area contributed by atoms with Crippen molar-refractivity contribution < 1.29 is 34.7 Å². The fourth-order valence-electron chi connectivity index (χ4n) is 2.34. The molecule has 0 aliphatic carbocycles. The summed E-state index contributed by atoms with van der Waals surface area (Å²) >= 11 is 0. The molecule has 0 unspecified atom stereocenters. The first-order valence-electron chi connectivity index (χ1n) is 7.24. The van der Waals surface area contributed by atoms with Crippen LogP contribution in [-0.2, 0) is 14.3 Å². The molecule has 1 aromatic carbocycles. The van der Waals surface area contributed by atoms with Crippen molar-refractivity contribution in [1.29, 1.82) is 0 Å². The van der Waals surface area contributed by atoms with Crippen molar-refractivity contribution in [3.63, 3.8) is 0 Å². The molecule has 1 aliphatic heterocycles. The van der Waals surface area contributed by atoms with Crippen molar-refractivity contribution in [3.8, 4) is 0 Å². The van der Waals surface area contributed by atoms with Crippen molar-refractivity contribution in [1.82, 2.24) is 0 Å². The molecule has 0 saturated carbocycles. The van der Waals surface area contributed by atoms with E-state index in [0.717, 1.165) is 0 Å². The van der Waals surface area contributed by atoms with Gasteiger partial charge in [0.25, 0.3) is 0 Å².